The fraction of sp³-hybridized carbons (Fsp3) is 0.111. The monoisotopic (exact) mass is 356 g/mol. The molecule has 0 bridgehead atoms. The van der Waals surface area contributed by atoms with Crippen molar-refractivity contribution in [3.05, 3.63) is 53.2 Å². The highest BCUT2D eigenvalue weighted by Crippen LogP contribution is 2.31. The molecule has 24 heavy (non-hydrogen) atoms. The number of nitrogen functional groups attached to an aromatic ring is 1. The van der Waals surface area contributed by atoms with Gasteiger partial charge in [-0.2, -0.15) is 0 Å². The van der Waals surface area contributed by atoms with E-state index in [0.29, 0.717) is 0 Å². The van der Waals surface area contributed by atoms with E-state index in [1.807, 2.05) is 26.0 Å². The summed E-state index contributed by atoms with van der Waals surface area (Å²) < 4.78 is 1.19. The third-order valence-corrected chi connectivity index (χ3v) is 4.91. The number of nitrogens with two attached hydrogens (primary N) is 1. The Bertz CT molecular complexity index is 1040. The first-order valence-electron chi connectivity index (χ1n) is 7.40. The fourth-order valence-electron chi connectivity index (χ4n) is 2.74. The van der Waals surface area contributed by atoms with Gasteiger partial charge in [-0.05, 0) is 43.7 Å². The molecule has 0 aliphatic rings. The summed E-state index contributed by atoms with van der Waals surface area (Å²) in [6, 6.07) is 12.2. The molecule has 0 radical (unpaired) electrons. The number of anilines is 3. The predicted octanol–water partition coefficient (Wildman–Crippen LogP) is 5.21. The van der Waals surface area contributed by atoms with Crippen LogP contribution in [0.1, 0.15) is 10.6 Å². The maximum atomic E-state index is 6.19. The summed E-state index contributed by atoms with van der Waals surface area (Å²) >= 11 is 1.70. The van der Waals surface area contributed by atoms with Crippen molar-refractivity contribution in [3.63, 3.8) is 0 Å². The lowest BCUT2D eigenvalue weighted by atomic mass is 10.1. The minimum absolute atomic E-state index is 0. The number of pyridine rings is 1. The average Bonchev–Trinajstić information content (AvgIpc) is 2.91. The summed E-state index contributed by atoms with van der Waals surface area (Å²) in [5.41, 5.74) is 10.1. The van der Waals surface area contributed by atoms with E-state index < -0.39 is 0 Å². The number of fused-ring (bicyclic) bond motifs is 2. The van der Waals surface area contributed by atoms with E-state index >= 15 is 0 Å². The first-order chi connectivity index (χ1) is 11.1. The highest BCUT2D eigenvalue weighted by molar-refractivity contribution is 7.18. The number of nitrogens with zero attached hydrogens (tertiary/aromatic N) is 2. The second-order valence-corrected chi connectivity index (χ2v) is 6.83. The Hall–Kier alpha value is -2.37. The van der Waals surface area contributed by atoms with E-state index in [9.17, 15) is 0 Å². The summed E-state index contributed by atoms with van der Waals surface area (Å²) in [6.45, 7) is 4.04. The van der Waals surface area contributed by atoms with E-state index in [1.165, 1.54) is 4.70 Å². The minimum Gasteiger partial charge on any atom is -0.398 e. The molecule has 122 valence electrons. The fourth-order valence-corrected chi connectivity index (χ4v) is 3.55. The first-order valence-corrected chi connectivity index (χ1v) is 8.21. The molecule has 3 N–H and O–H groups in total. The van der Waals surface area contributed by atoms with Gasteiger partial charge in [0.2, 0.25) is 0 Å². The molecule has 0 fully saturated rings. The number of halogens is 1. The molecule has 0 amide bonds. The van der Waals surface area contributed by atoms with Gasteiger partial charge in [0.25, 0.3) is 0 Å². The number of rotatable bonds is 2. The molecule has 0 saturated carbocycles. The lowest BCUT2D eigenvalue weighted by Crippen LogP contribution is -1.97. The molecular formula is C18H17ClN4S. The van der Waals surface area contributed by atoms with Crippen molar-refractivity contribution in [2.45, 2.75) is 13.8 Å². The smallest absolute Gasteiger partial charge is 0.138 e. The van der Waals surface area contributed by atoms with Crippen LogP contribution in [-0.2, 0) is 0 Å². The Kier molecular flexibility index (Phi) is 4.30. The molecule has 2 heterocycles. The Morgan fingerprint density at radius 2 is 1.88 bits per heavy atom. The van der Waals surface area contributed by atoms with E-state index in [1.54, 1.807) is 17.5 Å². The van der Waals surface area contributed by atoms with Crippen LogP contribution >= 0.6 is 23.7 Å². The van der Waals surface area contributed by atoms with Crippen LogP contribution in [0.15, 0.2) is 42.6 Å². The molecule has 6 heteroatoms. The Morgan fingerprint density at radius 3 is 2.71 bits per heavy atom. The van der Waals surface area contributed by atoms with Gasteiger partial charge < -0.3 is 11.1 Å². The quantitative estimate of drug-likeness (QED) is 0.484. The van der Waals surface area contributed by atoms with Crippen LogP contribution in [0.2, 0.25) is 0 Å². The maximum absolute atomic E-state index is 6.19. The molecule has 2 aromatic carbocycles. The normalized spacial score (nSPS) is 10.8. The van der Waals surface area contributed by atoms with Crippen molar-refractivity contribution >= 4 is 61.9 Å². The summed E-state index contributed by atoms with van der Waals surface area (Å²) in [5.74, 6) is 0.806. The molecule has 0 aliphatic heterocycles. The summed E-state index contributed by atoms with van der Waals surface area (Å²) in [4.78, 5) is 9.02. The minimum atomic E-state index is 0. The number of benzene rings is 2. The van der Waals surface area contributed by atoms with Gasteiger partial charge in [-0.25, -0.2) is 9.97 Å². The number of nitrogens with one attached hydrogen (secondary N) is 1. The lowest BCUT2D eigenvalue weighted by molar-refractivity contribution is 1.33. The highest BCUT2D eigenvalue weighted by Gasteiger charge is 2.08. The summed E-state index contributed by atoms with van der Waals surface area (Å²) in [6.07, 6.45) is 1.78. The molecule has 4 nitrogen and oxygen atoms in total. The van der Waals surface area contributed by atoms with Crippen molar-refractivity contribution in [1.82, 2.24) is 9.97 Å². The van der Waals surface area contributed by atoms with E-state index in [0.717, 1.165) is 44.1 Å². The van der Waals surface area contributed by atoms with Crippen molar-refractivity contribution in [3.8, 4) is 0 Å². The van der Waals surface area contributed by atoms with E-state index in [2.05, 4.69) is 39.6 Å². The van der Waals surface area contributed by atoms with Gasteiger partial charge in [-0.15, -0.1) is 23.7 Å². The van der Waals surface area contributed by atoms with Crippen LogP contribution < -0.4 is 11.1 Å². The van der Waals surface area contributed by atoms with Gasteiger partial charge in [0, 0.05) is 28.3 Å². The van der Waals surface area contributed by atoms with E-state index in [4.69, 9.17) is 5.73 Å². The number of hydrogen-bond donors (Lipinski definition) is 2. The molecule has 0 aliphatic carbocycles. The zero-order valence-electron chi connectivity index (χ0n) is 13.3. The van der Waals surface area contributed by atoms with Gasteiger partial charge in [0.05, 0.1) is 15.2 Å². The standard InChI is InChI=1S/C18H16N4S.ClH/c1-10-3-5-14-13(17(10)19)7-8-20-18(14)22-12-4-6-16-15(9-12)21-11(2)23-16;/h3-9H,19H2,1-2H3,(H,20,22);1H. The molecule has 0 atom stereocenters. The molecule has 4 rings (SSSR count). The van der Waals surface area contributed by atoms with Gasteiger partial charge >= 0.3 is 0 Å². The van der Waals surface area contributed by atoms with Crippen molar-refractivity contribution < 1.29 is 0 Å². The Labute approximate surface area is 150 Å². The number of hydrogen-bond acceptors (Lipinski definition) is 5. The van der Waals surface area contributed by atoms with Gasteiger partial charge in [0.1, 0.15) is 5.82 Å². The van der Waals surface area contributed by atoms with Crippen molar-refractivity contribution in [2.75, 3.05) is 11.1 Å². The highest BCUT2D eigenvalue weighted by atomic mass is 35.5. The maximum Gasteiger partial charge on any atom is 0.138 e. The SMILES string of the molecule is Cc1nc2cc(Nc3nccc4c(N)c(C)ccc34)ccc2s1.Cl. The van der Waals surface area contributed by atoms with Crippen LogP contribution in [-0.4, -0.2) is 9.97 Å². The number of aromatic nitrogens is 2. The molecule has 0 spiro atoms. The van der Waals surface area contributed by atoms with Crippen molar-refractivity contribution in [1.29, 1.82) is 0 Å². The third-order valence-electron chi connectivity index (χ3n) is 3.96. The molecular weight excluding hydrogens is 340 g/mol. The zero-order chi connectivity index (χ0) is 16.0. The molecule has 0 saturated heterocycles. The van der Waals surface area contributed by atoms with Crippen LogP contribution in [0.4, 0.5) is 17.2 Å². The summed E-state index contributed by atoms with van der Waals surface area (Å²) in [7, 11) is 0. The average molecular weight is 357 g/mol. The molecule has 2 aromatic heterocycles. The predicted molar refractivity (Wildman–Crippen MR) is 106 cm³/mol. The Balaban J connectivity index is 0.00000169. The largest absolute Gasteiger partial charge is 0.398 e. The Morgan fingerprint density at radius 1 is 1.04 bits per heavy atom. The van der Waals surface area contributed by atoms with Gasteiger partial charge in [-0.3, -0.25) is 0 Å². The van der Waals surface area contributed by atoms with Crippen molar-refractivity contribution in [2.24, 2.45) is 0 Å². The number of aryl methyl sites for hydroxylation is 2. The topological polar surface area (TPSA) is 63.8 Å². The molecule has 0 unspecified atom stereocenters. The lowest BCUT2D eigenvalue weighted by Gasteiger charge is -2.11. The van der Waals surface area contributed by atoms with Crippen LogP contribution in [0, 0.1) is 13.8 Å². The van der Waals surface area contributed by atoms with Gasteiger partial charge in [0.15, 0.2) is 0 Å². The van der Waals surface area contributed by atoms with E-state index in [-0.39, 0.29) is 12.4 Å². The molecule has 4 aromatic rings. The van der Waals surface area contributed by atoms with Crippen LogP contribution in [0.5, 0.6) is 0 Å². The second-order valence-electron chi connectivity index (χ2n) is 5.59. The van der Waals surface area contributed by atoms with Gasteiger partial charge in [-0.1, -0.05) is 12.1 Å². The van der Waals surface area contributed by atoms with Crippen LogP contribution in [0.25, 0.3) is 21.0 Å². The summed E-state index contributed by atoms with van der Waals surface area (Å²) in [5, 5.41) is 6.51. The second kappa shape index (κ2) is 6.26. The zero-order valence-corrected chi connectivity index (χ0v) is 15.0. The van der Waals surface area contributed by atoms with Crippen LogP contribution in [0.3, 0.4) is 0 Å². The first kappa shape index (κ1) is 16.5. The third kappa shape index (κ3) is 2.77. The number of thiazole rings is 1.